The molecule has 1 aromatic rings. The SMILES string of the molecule is COC(=O)c1cc(Cl)ccc1S(=O)(=O)NC1CCCCC1CN.Cl. The van der Waals surface area contributed by atoms with Gasteiger partial charge in [0.15, 0.2) is 0 Å². The lowest BCUT2D eigenvalue weighted by Crippen LogP contribution is -2.44. The summed E-state index contributed by atoms with van der Waals surface area (Å²) in [5.74, 6) is -0.640. The summed E-state index contributed by atoms with van der Waals surface area (Å²) in [7, 11) is -2.68. The number of carbonyl (C=O) groups is 1. The molecule has 0 bridgehead atoms. The topological polar surface area (TPSA) is 98.5 Å². The van der Waals surface area contributed by atoms with Gasteiger partial charge in [0.05, 0.1) is 17.6 Å². The van der Waals surface area contributed by atoms with Gasteiger partial charge >= 0.3 is 5.97 Å². The zero-order chi connectivity index (χ0) is 17.0. The molecule has 2 atom stereocenters. The van der Waals surface area contributed by atoms with Crippen molar-refractivity contribution in [1.82, 2.24) is 4.72 Å². The molecule has 1 aromatic carbocycles. The fourth-order valence-corrected chi connectivity index (χ4v) is 4.60. The zero-order valence-corrected chi connectivity index (χ0v) is 15.7. The van der Waals surface area contributed by atoms with Gasteiger partial charge in [-0.25, -0.2) is 17.9 Å². The Morgan fingerprint density at radius 3 is 2.67 bits per heavy atom. The highest BCUT2D eigenvalue weighted by Gasteiger charge is 2.31. The summed E-state index contributed by atoms with van der Waals surface area (Å²) in [5.41, 5.74) is 5.67. The van der Waals surface area contributed by atoms with Gasteiger partial charge in [-0.2, -0.15) is 0 Å². The minimum Gasteiger partial charge on any atom is -0.465 e. The molecular formula is C15H22Cl2N2O4S. The van der Waals surface area contributed by atoms with Crippen molar-refractivity contribution in [3.05, 3.63) is 28.8 Å². The second-order valence-electron chi connectivity index (χ2n) is 5.64. The largest absolute Gasteiger partial charge is 0.465 e. The van der Waals surface area contributed by atoms with E-state index < -0.39 is 16.0 Å². The van der Waals surface area contributed by atoms with E-state index >= 15 is 0 Å². The van der Waals surface area contributed by atoms with Gasteiger partial charge < -0.3 is 10.5 Å². The first-order valence-electron chi connectivity index (χ1n) is 7.49. The van der Waals surface area contributed by atoms with Crippen molar-refractivity contribution in [3.8, 4) is 0 Å². The molecule has 136 valence electrons. The summed E-state index contributed by atoms with van der Waals surface area (Å²) in [6, 6.07) is 3.82. The summed E-state index contributed by atoms with van der Waals surface area (Å²) in [5, 5.41) is 0.266. The number of carbonyl (C=O) groups excluding carboxylic acids is 1. The highest BCUT2D eigenvalue weighted by molar-refractivity contribution is 7.89. The van der Waals surface area contributed by atoms with E-state index in [0.717, 1.165) is 25.7 Å². The molecule has 1 aliphatic carbocycles. The maximum absolute atomic E-state index is 12.7. The summed E-state index contributed by atoms with van der Waals surface area (Å²) < 4.78 is 32.8. The molecule has 0 aliphatic heterocycles. The molecule has 0 radical (unpaired) electrons. The van der Waals surface area contributed by atoms with Gasteiger partial charge in [-0.3, -0.25) is 0 Å². The molecule has 3 N–H and O–H groups in total. The third-order valence-electron chi connectivity index (χ3n) is 4.15. The standard InChI is InChI=1S/C15H21ClN2O4S.ClH/c1-22-15(19)12-8-11(16)6-7-14(12)23(20,21)18-13-5-3-2-4-10(13)9-17;/h6-8,10,13,18H,2-5,9,17H2,1H3;1H. The fourth-order valence-electron chi connectivity index (χ4n) is 2.91. The molecule has 0 saturated heterocycles. The molecule has 24 heavy (non-hydrogen) atoms. The molecular weight excluding hydrogens is 375 g/mol. The van der Waals surface area contributed by atoms with E-state index in [-0.39, 0.29) is 39.8 Å². The monoisotopic (exact) mass is 396 g/mol. The number of halogens is 2. The maximum Gasteiger partial charge on any atom is 0.339 e. The highest BCUT2D eigenvalue weighted by atomic mass is 35.5. The van der Waals surface area contributed by atoms with E-state index in [1.54, 1.807) is 0 Å². The van der Waals surface area contributed by atoms with E-state index in [9.17, 15) is 13.2 Å². The summed E-state index contributed by atoms with van der Waals surface area (Å²) in [6.07, 6.45) is 3.64. The van der Waals surface area contributed by atoms with Gasteiger partial charge in [0.2, 0.25) is 10.0 Å². The third-order valence-corrected chi connectivity index (χ3v) is 5.94. The smallest absolute Gasteiger partial charge is 0.339 e. The molecule has 2 unspecified atom stereocenters. The minimum absolute atomic E-state index is 0. The van der Waals surface area contributed by atoms with Gasteiger partial charge in [0.25, 0.3) is 0 Å². The number of hydrogen-bond donors (Lipinski definition) is 2. The van der Waals surface area contributed by atoms with Crippen LogP contribution in [0.4, 0.5) is 0 Å². The minimum atomic E-state index is -3.87. The van der Waals surface area contributed by atoms with Crippen molar-refractivity contribution < 1.29 is 17.9 Å². The number of hydrogen-bond acceptors (Lipinski definition) is 5. The predicted molar refractivity (Wildman–Crippen MR) is 95.2 cm³/mol. The van der Waals surface area contributed by atoms with Crippen LogP contribution in [0.5, 0.6) is 0 Å². The normalized spacial score (nSPS) is 21.0. The molecule has 0 spiro atoms. The molecule has 9 heteroatoms. The Hall–Kier alpha value is -0.860. The first-order valence-corrected chi connectivity index (χ1v) is 9.35. The predicted octanol–water partition coefficient (Wildman–Crippen LogP) is 2.34. The molecule has 1 aliphatic rings. The van der Waals surface area contributed by atoms with Crippen LogP contribution in [0.3, 0.4) is 0 Å². The molecule has 1 saturated carbocycles. The number of sulfonamides is 1. The summed E-state index contributed by atoms with van der Waals surface area (Å²) in [6.45, 7) is 0.428. The maximum atomic E-state index is 12.7. The Morgan fingerprint density at radius 2 is 2.04 bits per heavy atom. The lowest BCUT2D eigenvalue weighted by atomic mass is 9.85. The molecule has 0 aromatic heterocycles. The van der Waals surface area contributed by atoms with E-state index in [1.165, 1.54) is 25.3 Å². The number of esters is 1. The van der Waals surface area contributed by atoms with Crippen molar-refractivity contribution in [1.29, 1.82) is 0 Å². The van der Waals surface area contributed by atoms with Gasteiger partial charge in [-0.15, -0.1) is 12.4 Å². The van der Waals surface area contributed by atoms with Crippen LogP contribution in [0.25, 0.3) is 0 Å². The highest BCUT2D eigenvalue weighted by Crippen LogP contribution is 2.27. The van der Waals surface area contributed by atoms with Crippen LogP contribution in [-0.2, 0) is 14.8 Å². The second-order valence-corrected chi connectivity index (χ2v) is 7.76. The third kappa shape index (κ3) is 4.83. The van der Waals surface area contributed by atoms with Crippen molar-refractivity contribution in [2.45, 2.75) is 36.6 Å². The Morgan fingerprint density at radius 1 is 1.38 bits per heavy atom. The zero-order valence-electron chi connectivity index (χ0n) is 13.3. The summed E-state index contributed by atoms with van der Waals surface area (Å²) >= 11 is 5.87. The first-order chi connectivity index (χ1) is 10.9. The average Bonchev–Trinajstić information content (AvgIpc) is 2.53. The van der Waals surface area contributed by atoms with Crippen LogP contribution >= 0.6 is 24.0 Å². The van der Waals surface area contributed by atoms with Crippen molar-refractivity contribution >= 4 is 40.0 Å². The van der Waals surface area contributed by atoms with Crippen molar-refractivity contribution in [3.63, 3.8) is 0 Å². The molecule has 2 rings (SSSR count). The van der Waals surface area contributed by atoms with Gasteiger partial charge in [-0.1, -0.05) is 24.4 Å². The number of nitrogens with two attached hydrogens (primary N) is 1. The summed E-state index contributed by atoms with van der Waals surface area (Å²) in [4.78, 5) is 11.7. The Bertz CT molecular complexity index is 682. The van der Waals surface area contributed by atoms with Gasteiger partial charge in [0, 0.05) is 11.1 Å². The lowest BCUT2D eigenvalue weighted by Gasteiger charge is -2.31. The van der Waals surface area contributed by atoms with Crippen LogP contribution < -0.4 is 10.5 Å². The Labute approximate surface area is 153 Å². The lowest BCUT2D eigenvalue weighted by molar-refractivity contribution is 0.0596. The number of ether oxygens (including phenoxy) is 1. The molecule has 6 nitrogen and oxygen atoms in total. The molecule has 0 amide bonds. The van der Waals surface area contributed by atoms with Crippen molar-refractivity contribution in [2.75, 3.05) is 13.7 Å². The number of rotatable bonds is 5. The number of benzene rings is 1. The first kappa shape index (κ1) is 21.2. The molecule has 0 heterocycles. The van der Waals surface area contributed by atoms with E-state index in [1.807, 2.05) is 0 Å². The number of nitrogens with one attached hydrogen (secondary N) is 1. The average molecular weight is 397 g/mol. The van der Waals surface area contributed by atoms with Crippen LogP contribution in [0, 0.1) is 5.92 Å². The fraction of sp³-hybridized carbons (Fsp3) is 0.533. The Kier molecular flexibility index (Phi) is 7.95. The molecule has 1 fully saturated rings. The van der Waals surface area contributed by atoms with Crippen LogP contribution in [-0.4, -0.2) is 34.1 Å². The van der Waals surface area contributed by atoms with Gasteiger partial charge in [0.1, 0.15) is 0 Å². The quantitative estimate of drug-likeness (QED) is 0.744. The van der Waals surface area contributed by atoms with E-state index in [2.05, 4.69) is 9.46 Å². The van der Waals surface area contributed by atoms with Crippen LogP contribution in [0.1, 0.15) is 36.0 Å². The van der Waals surface area contributed by atoms with E-state index in [0.29, 0.717) is 6.54 Å². The Balaban J connectivity index is 0.00000288. The van der Waals surface area contributed by atoms with Gasteiger partial charge in [-0.05, 0) is 43.5 Å². The van der Waals surface area contributed by atoms with Crippen LogP contribution in [0.15, 0.2) is 23.1 Å². The second kappa shape index (κ2) is 9.01. The van der Waals surface area contributed by atoms with Crippen LogP contribution in [0.2, 0.25) is 5.02 Å². The number of methoxy groups -OCH3 is 1. The van der Waals surface area contributed by atoms with E-state index in [4.69, 9.17) is 17.3 Å². The van der Waals surface area contributed by atoms with Crippen molar-refractivity contribution in [2.24, 2.45) is 11.7 Å².